The van der Waals surface area contributed by atoms with E-state index in [-0.39, 0.29) is 17.7 Å². The molecule has 1 aliphatic heterocycles. The Labute approximate surface area is 153 Å². The van der Waals surface area contributed by atoms with Gasteiger partial charge < -0.3 is 10.6 Å². The molecule has 2 amide bonds. The van der Waals surface area contributed by atoms with Crippen LogP contribution >= 0.6 is 0 Å². The van der Waals surface area contributed by atoms with Crippen LogP contribution in [-0.4, -0.2) is 39.6 Å². The van der Waals surface area contributed by atoms with Crippen molar-refractivity contribution in [1.29, 1.82) is 0 Å². The van der Waals surface area contributed by atoms with E-state index < -0.39 is 0 Å². The van der Waals surface area contributed by atoms with Gasteiger partial charge >= 0.3 is 0 Å². The third kappa shape index (κ3) is 3.64. The van der Waals surface area contributed by atoms with Crippen LogP contribution in [0.15, 0.2) is 36.7 Å². The molecule has 0 bridgehead atoms. The largest absolute Gasteiger partial charge is 0.369 e. The molecule has 2 aliphatic rings. The van der Waals surface area contributed by atoms with E-state index in [2.05, 4.69) is 5.10 Å². The molecule has 1 aromatic carbocycles. The number of nitrogens with zero attached hydrogens (tertiary/aromatic N) is 3. The number of amides is 2. The molecule has 2 heterocycles. The van der Waals surface area contributed by atoms with Crippen LogP contribution in [0.1, 0.15) is 36.0 Å². The van der Waals surface area contributed by atoms with Crippen LogP contribution in [0, 0.1) is 11.8 Å². The molecule has 4 rings (SSSR count). The van der Waals surface area contributed by atoms with E-state index in [0.717, 1.165) is 36.4 Å². The predicted octanol–water partition coefficient (Wildman–Crippen LogP) is 2.30. The Morgan fingerprint density at radius 2 is 2.04 bits per heavy atom. The highest BCUT2D eigenvalue weighted by Gasteiger charge is 2.27. The molecular formula is C20H24N4O2. The van der Waals surface area contributed by atoms with Crippen molar-refractivity contribution in [1.82, 2.24) is 14.7 Å². The molecule has 1 unspecified atom stereocenters. The van der Waals surface area contributed by atoms with Crippen molar-refractivity contribution in [3.8, 4) is 11.1 Å². The van der Waals surface area contributed by atoms with Crippen molar-refractivity contribution >= 4 is 11.8 Å². The van der Waals surface area contributed by atoms with Crippen LogP contribution in [0.3, 0.4) is 0 Å². The maximum Gasteiger partial charge on any atom is 0.253 e. The highest BCUT2D eigenvalue weighted by molar-refractivity contribution is 5.96. The van der Waals surface area contributed by atoms with Gasteiger partial charge in [-0.3, -0.25) is 14.3 Å². The second-order valence-corrected chi connectivity index (χ2v) is 7.47. The number of carbonyl (C=O) groups is 2. The number of hydrogen-bond donors (Lipinski definition) is 1. The van der Waals surface area contributed by atoms with Gasteiger partial charge in [-0.1, -0.05) is 12.1 Å². The van der Waals surface area contributed by atoms with Crippen LogP contribution < -0.4 is 5.73 Å². The first-order valence-electron chi connectivity index (χ1n) is 9.31. The van der Waals surface area contributed by atoms with Gasteiger partial charge in [-0.2, -0.15) is 5.10 Å². The van der Waals surface area contributed by atoms with Crippen LogP contribution in [0.4, 0.5) is 0 Å². The number of primary amides is 1. The molecule has 136 valence electrons. The van der Waals surface area contributed by atoms with Gasteiger partial charge in [0.05, 0.1) is 12.1 Å². The summed E-state index contributed by atoms with van der Waals surface area (Å²) in [5, 5.41) is 4.44. The van der Waals surface area contributed by atoms with Crippen molar-refractivity contribution in [2.24, 2.45) is 17.6 Å². The lowest BCUT2D eigenvalue weighted by Gasteiger charge is -2.31. The molecule has 26 heavy (non-hydrogen) atoms. The maximum atomic E-state index is 12.9. The molecular weight excluding hydrogens is 328 g/mol. The van der Waals surface area contributed by atoms with E-state index in [4.69, 9.17) is 5.73 Å². The van der Waals surface area contributed by atoms with Gasteiger partial charge in [-0.25, -0.2) is 0 Å². The number of piperidine rings is 1. The second kappa shape index (κ2) is 6.94. The van der Waals surface area contributed by atoms with E-state index in [1.165, 1.54) is 12.8 Å². The molecule has 6 nitrogen and oxygen atoms in total. The Bertz CT molecular complexity index is 825. The van der Waals surface area contributed by atoms with E-state index in [1.807, 2.05) is 41.3 Å². The minimum atomic E-state index is -0.320. The lowest BCUT2D eigenvalue weighted by atomic mass is 9.96. The minimum absolute atomic E-state index is 0.0387. The molecule has 1 aromatic heterocycles. The zero-order valence-electron chi connectivity index (χ0n) is 14.8. The average molecular weight is 352 g/mol. The van der Waals surface area contributed by atoms with Crippen molar-refractivity contribution in [2.45, 2.75) is 32.2 Å². The molecule has 1 aliphatic carbocycles. The molecule has 2 aromatic rings. The summed E-state index contributed by atoms with van der Waals surface area (Å²) in [7, 11) is 0. The second-order valence-electron chi connectivity index (χ2n) is 7.47. The Morgan fingerprint density at radius 3 is 2.81 bits per heavy atom. The van der Waals surface area contributed by atoms with Crippen molar-refractivity contribution in [3.05, 3.63) is 42.2 Å². The minimum Gasteiger partial charge on any atom is -0.369 e. The maximum absolute atomic E-state index is 12.9. The summed E-state index contributed by atoms with van der Waals surface area (Å²) in [5.41, 5.74) is 8.07. The summed E-state index contributed by atoms with van der Waals surface area (Å²) in [5.74, 6) is 0.173. The molecule has 0 radical (unpaired) electrons. The molecule has 1 saturated heterocycles. The Kier molecular flexibility index (Phi) is 4.49. The lowest BCUT2D eigenvalue weighted by Crippen LogP contribution is -2.44. The predicted molar refractivity (Wildman–Crippen MR) is 98.2 cm³/mol. The van der Waals surface area contributed by atoms with Gasteiger partial charge in [-0.05, 0) is 49.3 Å². The number of rotatable bonds is 5. The van der Waals surface area contributed by atoms with Crippen LogP contribution in [0.2, 0.25) is 0 Å². The summed E-state index contributed by atoms with van der Waals surface area (Å²) in [6.07, 6.45) is 8.07. The zero-order chi connectivity index (χ0) is 18.1. The smallest absolute Gasteiger partial charge is 0.253 e. The highest BCUT2D eigenvalue weighted by Crippen LogP contribution is 2.31. The van der Waals surface area contributed by atoms with Crippen molar-refractivity contribution < 1.29 is 9.59 Å². The van der Waals surface area contributed by atoms with Crippen molar-refractivity contribution in [3.63, 3.8) is 0 Å². The van der Waals surface area contributed by atoms with Gasteiger partial charge in [0.1, 0.15) is 0 Å². The number of hydrogen-bond acceptors (Lipinski definition) is 3. The van der Waals surface area contributed by atoms with Gasteiger partial charge in [0.25, 0.3) is 5.91 Å². The first-order valence-corrected chi connectivity index (χ1v) is 9.31. The summed E-state index contributed by atoms with van der Waals surface area (Å²) in [4.78, 5) is 26.1. The Hall–Kier alpha value is -2.63. The number of benzene rings is 1. The fourth-order valence-corrected chi connectivity index (χ4v) is 3.59. The summed E-state index contributed by atoms with van der Waals surface area (Å²) < 4.78 is 1.99. The number of nitrogens with two attached hydrogens (primary N) is 1. The highest BCUT2D eigenvalue weighted by atomic mass is 16.2. The number of carbonyl (C=O) groups excluding carboxylic acids is 2. The van der Waals surface area contributed by atoms with Crippen LogP contribution in [0.25, 0.3) is 11.1 Å². The van der Waals surface area contributed by atoms with E-state index >= 15 is 0 Å². The molecule has 1 saturated carbocycles. The molecule has 1 atom stereocenters. The first-order chi connectivity index (χ1) is 12.6. The molecule has 0 spiro atoms. The quantitative estimate of drug-likeness (QED) is 0.896. The first kappa shape index (κ1) is 16.8. The average Bonchev–Trinajstić information content (AvgIpc) is 3.36. The Balaban J connectivity index is 1.50. The van der Waals surface area contributed by atoms with Crippen LogP contribution in [0.5, 0.6) is 0 Å². The number of aromatic nitrogens is 2. The topological polar surface area (TPSA) is 81.2 Å². The normalized spacial score (nSPS) is 20.2. The number of likely N-dealkylation sites (tertiary alicyclic amines) is 1. The Morgan fingerprint density at radius 1 is 1.19 bits per heavy atom. The van der Waals surface area contributed by atoms with E-state index in [1.54, 1.807) is 4.90 Å². The standard InChI is InChI=1S/C20H24N4O2/c21-19(25)17-5-2-8-23(12-17)20(26)16-4-1-3-15(9-16)18-10-22-24(13-18)11-14-6-7-14/h1,3-4,9-10,13-14,17H,2,5-8,11-12H2,(H2,21,25). The van der Waals surface area contributed by atoms with Gasteiger partial charge in [0.15, 0.2) is 0 Å². The fraction of sp³-hybridized carbons (Fsp3) is 0.450. The summed E-state index contributed by atoms with van der Waals surface area (Å²) in [6.45, 7) is 2.06. The summed E-state index contributed by atoms with van der Waals surface area (Å²) in [6, 6.07) is 7.64. The van der Waals surface area contributed by atoms with Crippen LogP contribution in [-0.2, 0) is 11.3 Å². The summed E-state index contributed by atoms with van der Waals surface area (Å²) >= 11 is 0. The molecule has 6 heteroatoms. The fourth-order valence-electron chi connectivity index (χ4n) is 3.59. The molecule has 2 fully saturated rings. The SMILES string of the molecule is NC(=O)C1CCCN(C(=O)c2cccc(-c3cnn(CC4CC4)c3)c2)C1. The van der Waals surface area contributed by atoms with E-state index in [0.29, 0.717) is 18.7 Å². The third-order valence-corrected chi connectivity index (χ3v) is 5.33. The van der Waals surface area contributed by atoms with Gasteiger partial charge in [0.2, 0.25) is 5.91 Å². The third-order valence-electron chi connectivity index (χ3n) is 5.33. The monoisotopic (exact) mass is 352 g/mol. The van der Waals surface area contributed by atoms with Gasteiger partial charge in [0, 0.05) is 37.0 Å². The van der Waals surface area contributed by atoms with Gasteiger partial charge in [-0.15, -0.1) is 0 Å². The zero-order valence-corrected chi connectivity index (χ0v) is 14.8. The lowest BCUT2D eigenvalue weighted by molar-refractivity contribution is -0.123. The molecule has 2 N–H and O–H groups in total. The van der Waals surface area contributed by atoms with E-state index in [9.17, 15) is 9.59 Å². The van der Waals surface area contributed by atoms with Crippen molar-refractivity contribution in [2.75, 3.05) is 13.1 Å².